The van der Waals surface area contributed by atoms with Gasteiger partial charge in [0.25, 0.3) is 0 Å². The highest BCUT2D eigenvalue weighted by molar-refractivity contribution is 5.55. The van der Waals surface area contributed by atoms with Crippen LogP contribution in [0.3, 0.4) is 0 Å². The smallest absolute Gasteiger partial charge is 0.225 e. The first-order valence-electron chi connectivity index (χ1n) is 6.90. The van der Waals surface area contributed by atoms with Crippen molar-refractivity contribution in [2.45, 2.75) is 6.54 Å². The largest absolute Gasteiger partial charge is 0.360 e. The number of nitrogens with zero attached hydrogens (tertiary/aromatic N) is 6. The maximum atomic E-state index is 13.6. The fourth-order valence-corrected chi connectivity index (χ4v) is 2.04. The zero-order chi connectivity index (χ0) is 16.2. The van der Waals surface area contributed by atoms with Crippen molar-refractivity contribution in [1.82, 2.24) is 30.6 Å². The van der Waals surface area contributed by atoms with Crippen LogP contribution < -0.4 is 10.2 Å². The second-order valence-electron chi connectivity index (χ2n) is 5.05. The van der Waals surface area contributed by atoms with E-state index < -0.39 is 5.82 Å². The quantitative estimate of drug-likeness (QED) is 0.736. The lowest BCUT2D eigenvalue weighted by molar-refractivity contribution is 0.612. The van der Waals surface area contributed by atoms with Gasteiger partial charge < -0.3 is 10.2 Å². The molecule has 23 heavy (non-hydrogen) atoms. The van der Waals surface area contributed by atoms with E-state index in [1.807, 2.05) is 24.3 Å². The van der Waals surface area contributed by atoms with E-state index in [9.17, 15) is 4.39 Å². The van der Waals surface area contributed by atoms with E-state index in [1.165, 1.54) is 0 Å². The molecule has 2 heterocycles. The zero-order valence-corrected chi connectivity index (χ0v) is 12.7. The fourth-order valence-electron chi connectivity index (χ4n) is 2.04. The Kier molecular flexibility index (Phi) is 4.09. The number of aromatic amines is 1. The standard InChI is InChI=1S/C14H15FN8/c1-23(2)13-11(15)8-17-14(18-13)16-7-9-4-3-5-10(6-9)12-19-21-22-20-12/h3-6,8H,7H2,1-2H3,(H,16,17,18)(H,19,20,21,22). The maximum Gasteiger partial charge on any atom is 0.225 e. The highest BCUT2D eigenvalue weighted by atomic mass is 19.1. The van der Waals surface area contributed by atoms with Gasteiger partial charge in [-0.05, 0) is 16.8 Å². The summed E-state index contributed by atoms with van der Waals surface area (Å²) in [6.45, 7) is 0.490. The summed E-state index contributed by atoms with van der Waals surface area (Å²) in [6, 6.07) is 7.69. The lowest BCUT2D eigenvalue weighted by Crippen LogP contribution is -2.15. The fraction of sp³-hybridized carbons (Fsp3) is 0.214. The first-order valence-corrected chi connectivity index (χ1v) is 6.90. The van der Waals surface area contributed by atoms with Gasteiger partial charge in [0.1, 0.15) is 0 Å². The molecular formula is C14H15FN8. The first-order chi connectivity index (χ1) is 11.1. The average molecular weight is 314 g/mol. The summed E-state index contributed by atoms with van der Waals surface area (Å²) in [7, 11) is 3.45. The van der Waals surface area contributed by atoms with E-state index in [0.29, 0.717) is 18.3 Å². The topological polar surface area (TPSA) is 95.5 Å². The van der Waals surface area contributed by atoms with Gasteiger partial charge in [0.15, 0.2) is 11.6 Å². The predicted molar refractivity (Wildman–Crippen MR) is 83.3 cm³/mol. The second-order valence-corrected chi connectivity index (χ2v) is 5.05. The van der Waals surface area contributed by atoms with Crippen LogP contribution in [0.25, 0.3) is 11.4 Å². The van der Waals surface area contributed by atoms with Crippen LogP contribution in [-0.4, -0.2) is 44.7 Å². The van der Waals surface area contributed by atoms with Gasteiger partial charge in [0.2, 0.25) is 11.8 Å². The van der Waals surface area contributed by atoms with Gasteiger partial charge >= 0.3 is 0 Å². The Morgan fingerprint density at radius 2 is 2.17 bits per heavy atom. The Hall–Kier alpha value is -3.10. The molecular weight excluding hydrogens is 299 g/mol. The molecule has 0 amide bonds. The average Bonchev–Trinajstić information content (AvgIpc) is 3.08. The van der Waals surface area contributed by atoms with Gasteiger partial charge in [-0.3, -0.25) is 0 Å². The van der Waals surface area contributed by atoms with Crippen LogP contribution >= 0.6 is 0 Å². The SMILES string of the molecule is CN(C)c1nc(NCc2cccc(-c3nn[nH]n3)c2)ncc1F. The number of benzene rings is 1. The van der Waals surface area contributed by atoms with Crippen LogP contribution in [0, 0.1) is 5.82 Å². The Balaban J connectivity index is 1.74. The van der Waals surface area contributed by atoms with Crippen molar-refractivity contribution >= 4 is 11.8 Å². The first kappa shape index (κ1) is 14.8. The molecule has 0 aliphatic heterocycles. The third-order valence-corrected chi connectivity index (χ3v) is 3.13. The van der Waals surface area contributed by atoms with Gasteiger partial charge in [0.05, 0.1) is 6.20 Å². The van der Waals surface area contributed by atoms with E-state index in [2.05, 4.69) is 35.9 Å². The summed E-state index contributed by atoms with van der Waals surface area (Å²) >= 11 is 0. The summed E-state index contributed by atoms with van der Waals surface area (Å²) in [5, 5.41) is 16.9. The number of rotatable bonds is 5. The molecule has 1 aromatic carbocycles. The summed E-state index contributed by atoms with van der Waals surface area (Å²) in [5.41, 5.74) is 1.85. The summed E-state index contributed by atoms with van der Waals surface area (Å²) in [4.78, 5) is 9.69. The minimum atomic E-state index is -0.459. The molecule has 3 aromatic rings. The molecule has 0 aliphatic rings. The molecule has 9 heteroatoms. The van der Waals surface area contributed by atoms with Crippen LogP contribution in [0.5, 0.6) is 0 Å². The number of halogens is 1. The molecule has 0 saturated carbocycles. The highest BCUT2D eigenvalue weighted by Gasteiger charge is 2.09. The van der Waals surface area contributed by atoms with E-state index in [-0.39, 0.29) is 5.82 Å². The zero-order valence-electron chi connectivity index (χ0n) is 12.7. The van der Waals surface area contributed by atoms with Gasteiger partial charge in [-0.25, -0.2) is 9.37 Å². The monoisotopic (exact) mass is 314 g/mol. The minimum Gasteiger partial charge on any atom is -0.360 e. The Bertz CT molecular complexity index is 787. The molecule has 0 atom stereocenters. The van der Waals surface area contributed by atoms with Crippen LogP contribution in [0.1, 0.15) is 5.56 Å². The van der Waals surface area contributed by atoms with Gasteiger partial charge in [-0.15, -0.1) is 10.2 Å². The lowest BCUT2D eigenvalue weighted by atomic mass is 10.1. The molecule has 118 valence electrons. The number of hydrogen-bond donors (Lipinski definition) is 2. The highest BCUT2D eigenvalue weighted by Crippen LogP contribution is 2.17. The number of tetrazole rings is 1. The Morgan fingerprint density at radius 3 is 2.91 bits per heavy atom. The van der Waals surface area contributed by atoms with Crippen LogP contribution in [0.4, 0.5) is 16.2 Å². The lowest BCUT2D eigenvalue weighted by Gasteiger charge is -2.13. The summed E-state index contributed by atoms with van der Waals surface area (Å²) in [5.74, 6) is 0.669. The van der Waals surface area contributed by atoms with Crippen molar-refractivity contribution in [2.24, 2.45) is 0 Å². The molecule has 0 saturated heterocycles. The van der Waals surface area contributed by atoms with Crippen molar-refractivity contribution in [1.29, 1.82) is 0 Å². The van der Waals surface area contributed by atoms with Crippen LogP contribution in [-0.2, 0) is 6.54 Å². The molecule has 0 radical (unpaired) electrons. The number of anilines is 2. The van der Waals surface area contributed by atoms with Crippen molar-refractivity contribution < 1.29 is 4.39 Å². The molecule has 3 rings (SSSR count). The number of hydrogen-bond acceptors (Lipinski definition) is 7. The third-order valence-electron chi connectivity index (χ3n) is 3.13. The second kappa shape index (κ2) is 6.34. The van der Waals surface area contributed by atoms with Crippen molar-refractivity contribution in [3.63, 3.8) is 0 Å². The molecule has 0 fully saturated rings. The van der Waals surface area contributed by atoms with Gasteiger partial charge in [-0.1, -0.05) is 18.2 Å². The summed E-state index contributed by atoms with van der Waals surface area (Å²) in [6.07, 6.45) is 1.15. The molecule has 0 bridgehead atoms. The van der Waals surface area contributed by atoms with Crippen molar-refractivity contribution in [3.8, 4) is 11.4 Å². The maximum absolute atomic E-state index is 13.6. The molecule has 0 unspecified atom stereocenters. The molecule has 2 N–H and O–H groups in total. The van der Waals surface area contributed by atoms with E-state index in [0.717, 1.165) is 17.3 Å². The summed E-state index contributed by atoms with van der Waals surface area (Å²) < 4.78 is 13.6. The van der Waals surface area contributed by atoms with Gasteiger partial charge in [0, 0.05) is 26.2 Å². The number of H-pyrrole nitrogens is 1. The molecule has 2 aromatic heterocycles. The van der Waals surface area contributed by atoms with E-state index in [1.54, 1.807) is 19.0 Å². The normalized spacial score (nSPS) is 10.6. The molecule has 8 nitrogen and oxygen atoms in total. The van der Waals surface area contributed by atoms with E-state index >= 15 is 0 Å². The third kappa shape index (κ3) is 3.39. The predicted octanol–water partition coefficient (Wildman–Crippen LogP) is 1.47. The number of aromatic nitrogens is 6. The van der Waals surface area contributed by atoms with Crippen LogP contribution in [0.15, 0.2) is 30.5 Å². The minimum absolute atomic E-state index is 0.239. The van der Waals surface area contributed by atoms with Gasteiger partial charge in [-0.2, -0.15) is 10.2 Å². The van der Waals surface area contributed by atoms with Crippen molar-refractivity contribution in [3.05, 3.63) is 41.8 Å². The van der Waals surface area contributed by atoms with Crippen LogP contribution in [0.2, 0.25) is 0 Å². The Morgan fingerprint density at radius 1 is 1.30 bits per heavy atom. The molecule has 0 spiro atoms. The molecule has 0 aliphatic carbocycles. The number of nitrogens with one attached hydrogen (secondary N) is 2. The van der Waals surface area contributed by atoms with Crippen molar-refractivity contribution in [2.75, 3.05) is 24.3 Å². The Labute approximate surface area is 131 Å². The van der Waals surface area contributed by atoms with E-state index in [4.69, 9.17) is 0 Å².